The lowest BCUT2D eigenvalue weighted by Gasteiger charge is -2.43. The van der Waals surface area contributed by atoms with Gasteiger partial charge < -0.3 is 4.98 Å². The maximum absolute atomic E-state index is 3.74. The van der Waals surface area contributed by atoms with Crippen LogP contribution in [-0.2, 0) is 0 Å². The summed E-state index contributed by atoms with van der Waals surface area (Å²) >= 11 is 0. The van der Waals surface area contributed by atoms with Crippen LogP contribution in [-0.4, -0.2) is 53.5 Å². The summed E-state index contributed by atoms with van der Waals surface area (Å²) in [5, 5.41) is 0. The Morgan fingerprint density at radius 2 is 1.67 bits per heavy atom. The third kappa shape index (κ3) is 2.71. The molecule has 0 unspecified atom stereocenters. The Hall–Kier alpha value is -0.163. The van der Waals surface area contributed by atoms with Gasteiger partial charge in [-0.1, -0.05) is 5.70 Å². The van der Waals surface area contributed by atoms with Gasteiger partial charge in [0.1, 0.15) is 15.5 Å². The largest absolute Gasteiger partial charge is 0.310 e. The molecule has 3 nitrogen and oxygen atoms in total. The van der Waals surface area contributed by atoms with Crippen LogP contribution in [0.3, 0.4) is 0 Å². The van der Waals surface area contributed by atoms with Crippen molar-refractivity contribution in [2.75, 3.05) is 28.2 Å². The standard InChI is InChI=1S/C8H21N3Si/c1-7-12-9-8(2,10(3)4)11(5)6/h7,9H,1,12H2,2-6H3. The van der Waals surface area contributed by atoms with Crippen molar-refractivity contribution in [1.29, 1.82) is 0 Å². The maximum atomic E-state index is 3.74. The lowest BCUT2D eigenvalue weighted by molar-refractivity contribution is 0.0102. The van der Waals surface area contributed by atoms with Crippen molar-refractivity contribution < 1.29 is 0 Å². The van der Waals surface area contributed by atoms with Gasteiger partial charge in [0, 0.05) is 0 Å². The number of hydrogen-bond acceptors (Lipinski definition) is 3. The van der Waals surface area contributed by atoms with Crippen LogP contribution < -0.4 is 4.98 Å². The number of hydrogen-bond donors (Lipinski definition) is 1. The molecule has 0 aromatic rings. The predicted octanol–water partition coefficient (Wildman–Crippen LogP) is -0.400. The van der Waals surface area contributed by atoms with Crippen LogP contribution in [0, 0.1) is 0 Å². The second-order valence-corrected chi connectivity index (χ2v) is 4.82. The Labute approximate surface area is 78.3 Å². The van der Waals surface area contributed by atoms with Crippen LogP contribution in [0.1, 0.15) is 6.92 Å². The van der Waals surface area contributed by atoms with Crippen molar-refractivity contribution in [2.45, 2.75) is 12.7 Å². The molecule has 0 fully saturated rings. The van der Waals surface area contributed by atoms with Gasteiger partial charge in [0.15, 0.2) is 0 Å². The zero-order chi connectivity index (χ0) is 9.78. The highest BCUT2D eigenvalue weighted by Crippen LogP contribution is 2.08. The van der Waals surface area contributed by atoms with Gasteiger partial charge >= 0.3 is 0 Å². The van der Waals surface area contributed by atoms with Crippen molar-refractivity contribution in [3.63, 3.8) is 0 Å². The number of rotatable bonds is 5. The topological polar surface area (TPSA) is 18.5 Å². The van der Waals surface area contributed by atoms with Gasteiger partial charge in [0.2, 0.25) is 0 Å². The quantitative estimate of drug-likeness (QED) is 0.467. The highest BCUT2D eigenvalue weighted by atomic mass is 28.2. The molecular formula is C8H21N3Si. The Kier molecular flexibility index (Phi) is 4.70. The van der Waals surface area contributed by atoms with Crippen LogP contribution in [0.15, 0.2) is 12.3 Å². The van der Waals surface area contributed by atoms with Crippen molar-refractivity contribution >= 4 is 9.68 Å². The minimum atomic E-state index is -0.337. The molecule has 0 radical (unpaired) electrons. The minimum Gasteiger partial charge on any atom is -0.310 e. The van der Waals surface area contributed by atoms with E-state index in [-0.39, 0.29) is 15.5 Å². The zero-order valence-corrected chi connectivity index (χ0v) is 10.3. The highest BCUT2D eigenvalue weighted by Gasteiger charge is 2.27. The Morgan fingerprint density at radius 1 is 1.25 bits per heavy atom. The minimum absolute atomic E-state index is 0.0413. The summed E-state index contributed by atoms with van der Waals surface area (Å²) in [5.41, 5.74) is 2.01. The molecule has 0 spiro atoms. The summed E-state index contributed by atoms with van der Waals surface area (Å²) < 4.78 is 0. The lowest BCUT2D eigenvalue weighted by Crippen LogP contribution is -2.63. The average molecular weight is 187 g/mol. The van der Waals surface area contributed by atoms with Gasteiger partial charge in [-0.2, -0.15) is 0 Å². The maximum Gasteiger partial charge on any atom is 0.119 e. The Balaban J connectivity index is 4.28. The van der Waals surface area contributed by atoms with E-state index in [2.05, 4.69) is 56.5 Å². The van der Waals surface area contributed by atoms with E-state index in [9.17, 15) is 0 Å². The van der Waals surface area contributed by atoms with Gasteiger partial charge in [-0.3, -0.25) is 9.80 Å². The molecule has 0 aromatic carbocycles. The van der Waals surface area contributed by atoms with Gasteiger partial charge in [0.25, 0.3) is 0 Å². The molecule has 0 aliphatic heterocycles. The lowest BCUT2D eigenvalue weighted by atomic mass is 10.3. The van der Waals surface area contributed by atoms with Gasteiger partial charge in [-0.15, -0.1) is 6.58 Å². The van der Waals surface area contributed by atoms with Crippen molar-refractivity contribution in [1.82, 2.24) is 14.8 Å². The van der Waals surface area contributed by atoms with E-state index >= 15 is 0 Å². The first-order valence-electron chi connectivity index (χ1n) is 4.16. The van der Waals surface area contributed by atoms with E-state index in [4.69, 9.17) is 0 Å². The van der Waals surface area contributed by atoms with Gasteiger partial charge in [0.05, 0.1) is 0 Å². The summed E-state index contributed by atoms with van der Waals surface area (Å²) in [5.74, 6) is -0.0413. The molecule has 0 saturated heterocycles. The zero-order valence-electron chi connectivity index (χ0n) is 8.89. The van der Waals surface area contributed by atoms with E-state index in [0.717, 1.165) is 0 Å². The van der Waals surface area contributed by atoms with Crippen LogP contribution in [0.2, 0.25) is 0 Å². The molecule has 0 heterocycles. The van der Waals surface area contributed by atoms with Gasteiger partial charge in [-0.05, 0) is 35.1 Å². The first-order valence-corrected chi connectivity index (χ1v) is 5.68. The Morgan fingerprint density at radius 3 is 1.92 bits per heavy atom. The van der Waals surface area contributed by atoms with Crippen LogP contribution in [0.25, 0.3) is 0 Å². The van der Waals surface area contributed by atoms with Crippen LogP contribution in [0.5, 0.6) is 0 Å². The molecule has 0 bridgehead atoms. The molecule has 0 atom stereocenters. The molecule has 0 aliphatic rings. The molecule has 0 amide bonds. The molecular weight excluding hydrogens is 166 g/mol. The summed E-state index contributed by atoms with van der Waals surface area (Å²) in [7, 11) is 7.96. The van der Waals surface area contributed by atoms with Gasteiger partial charge in [-0.25, -0.2) is 0 Å². The predicted molar refractivity (Wildman–Crippen MR) is 57.7 cm³/mol. The first-order chi connectivity index (χ1) is 5.45. The molecule has 4 heteroatoms. The smallest absolute Gasteiger partial charge is 0.119 e. The van der Waals surface area contributed by atoms with Crippen LogP contribution in [0.4, 0.5) is 0 Å². The molecule has 0 aromatic heterocycles. The van der Waals surface area contributed by atoms with Crippen molar-refractivity contribution in [3.8, 4) is 0 Å². The average Bonchev–Trinajstić information content (AvgIpc) is 1.99. The highest BCUT2D eigenvalue weighted by molar-refractivity contribution is 6.38. The summed E-state index contributed by atoms with van der Waals surface area (Å²) in [6.07, 6.45) is 0. The van der Waals surface area contributed by atoms with E-state index in [1.807, 2.05) is 5.70 Å². The molecule has 0 aliphatic carbocycles. The van der Waals surface area contributed by atoms with E-state index in [1.165, 1.54) is 0 Å². The normalized spacial score (nSPS) is 13.6. The summed E-state index contributed by atoms with van der Waals surface area (Å²) in [6.45, 7) is 5.91. The number of nitrogens with one attached hydrogen (secondary N) is 1. The van der Waals surface area contributed by atoms with E-state index < -0.39 is 0 Å². The van der Waals surface area contributed by atoms with E-state index in [1.54, 1.807) is 0 Å². The summed E-state index contributed by atoms with van der Waals surface area (Å²) in [4.78, 5) is 7.86. The second kappa shape index (κ2) is 4.76. The van der Waals surface area contributed by atoms with Crippen molar-refractivity contribution in [2.24, 2.45) is 0 Å². The Bertz CT molecular complexity index is 137. The number of nitrogens with zero attached hydrogens (tertiary/aromatic N) is 2. The third-order valence-electron chi connectivity index (χ3n) is 2.32. The SMILES string of the molecule is C=C[SiH2]NC(C)(N(C)C)N(C)C. The molecule has 72 valence electrons. The first kappa shape index (κ1) is 11.8. The molecule has 0 rings (SSSR count). The van der Waals surface area contributed by atoms with E-state index in [0.29, 0.717) is 0 Å². The van der Waals surface area contributed by atoms with Crippen molar-refractivity contribution in [3.05, 3.63) is 12.3 Å². The third-order valence-corrected chi connectivity index (χ3v) is 3.49. The fourth-order valence-corrected chi connectivity index (χ4v) is 2.15. The second-order valence-electron chi connectivity index (χ2n) is 3.48. The summed E-state index contributed by atoms with van der Waals surface area (Å²) in [6, 6.07) is 0. The molecule has 12 heavy (non-hydrogen) atoms. The fraction of sp³-hybridized carbons (Fsp3) is 0.750. The monoisotopic (exact) mass is 187 g/mol. The fourth-order valence-electron chi connectivity index (χ4n) is 0.982. The van der Waals surface area contributed by atoms with Crippen LogP contribution >= 0.6 is 0 Å². The molecule has 0 saturated carbocycles. The molecule has 1 N–H and O–H groups in total.